The fourth-order valence-electron chi connectivity index (χ4n) is 4.00. The van der Waals surface area contributed by atoms with Crippen molar-refractivity contribution in [2.45, 2.75) is 25.1 Å². The fraction of sp³-hybridized carbons (Fsp3) is 0.200. The van der Waals surface area contributed by atoms with Crippen LogP contribution in [0.3, 0.4) is 0 Å². The van der Waals surface area contributed by atoms with Gasteiger partial charge < -0.3 is 10.1 Å². The maximum atomic E-state index is 13.2. The van der Waals surface area contributed by atoms with Gasteiger partial charge in [-0.25, -0.2) is 9.80 Å². The van der Waals surface area contributed by atoms with E-state index in [1.165, 1.54) is 36.4 Å². The lowest BCUT2D eigenvalue weighted by atomic mass is 9.76. The number of carbonyl (C=O) groups is 1. The zero-order chi connectivity index (χ0) is 26.1. The lowest BCUT2D eigenvalue weighted by Crippen LogP contribution is -2.38. The third kappa shape index (κ3) is 5.28. The van der Waals surface area contributed by atoms with Gasteiger partial charge in [0.2, 0.25) is 0 Å². The lowest BCUT2D eigenvalue weighted by Gasteiger charge is -2.27. The number of alkyl halides is 5. The van der Waals surface area contributed by atoms with E-state index in [9.17, 15) is 26.7 Å². The predicted octanol–water partition coefficient (Wildman–Crippen LogP) is 7.17. The molecular formula is C25H19ClF5N3O2. The van der Waals surface area contributed by atoms with Gasteiger partial charge >= 0.3 is 18.8 Å². The number of anilines is 1. The number of nitrogens with one attached hydrogen (secondary N) is 1. The molecule has 0 aliphatic carbocycles. The van der Waals surface area contributed by atoms with Gasteiger partial charge in [0, 0.05) is 17.3 Å². The van der Waals surface area contributed by atoms with E-state index >= 15 is 0 Å². The first-order chi connectivity index (χ1) is 17.0. The van der Waals surface area contributed by atoms with Gasteiger partial charge in [0.1, 0.15) is 5.75 Å². The summed E-state index contributed by atoms with van der Waals surface area (Å²) in [5.74, 6) is -0.137. The van der Waals surface area contributed by atoms with Crippen LogP contribution in [0.15, 0.2) is 77.9 Å². The first-order valence-corrected chi connectivity index (χ1v) is 11.0. The van der Waals surface area contributed by atoms with Gasteiger partial charge in [-0.2, -0.15) is 27.1 Å². The molecule has 0 saturated heterocycles. The number of halogens is 6. The summed E-state index contributed by atoms with van der Waals surface area (Å²) in [6.45, 7) is -1.15. The van der Waals surface area contributed by atoms with E-state index < -0.39 is 34.8 Å². The fourth-order valence-corrected chi connectivity index (χ4v) is 4.29. The van der Waals surface area contributed by atoms with E-state index in [-0.39, 0.29) is 18.0 Å². The quantitative estimate of drug-likeness (QED) is 0.360. The largest absolute Gasteiger partial charge is 0.435 e. The Bertz CT molecular complexity index is 1300. The zero-order valence-electron chi connectivity index (χ0n) is 18.7. The smallest absolute Gasteiger partial charge is 0.417 e. The molecule has 0 bridgehead atoms. The Morgan fingerprint density at radius 3 is 2.44 bits per heavy atom. The van der Waals surface area contributed by atoms with E-state index in [4.69, 9.17) is 11.6 Å². The molecule has 1 aliphatic rings. The van der Waals surface area contributed by atoms with E-state index in [1.807, 2.05) is 25.1 Å². The summed E-state index contributed by atoms with van der Waals surface area (Å²) in [7, 11) is 0. The molecule has 0 saturated carbocycles. The van der Waals surface area contributed by atoms with Crippen molar-refractivity contribution in [3.63, 3.8) is 0 Å². The average Bonchev–Trinajstić information content (AvgIpc) is 3.17. The third-order valence-electron chi connectivity index (χ3n) is 5.71. The SMILES string of the molecule is CC1(c2ccccc2)CN(C(=O)Nc2cccc(OC(F)F)c2)N=C1c1ccc(C(F)(F)F)c(Cl)c1. The molecule has 2 amide bonds. The minimum atomic E-state index is -4.62. The van der Waals surface area contributed by atoms with Gasteiger partial charge in [-0.15, -0.1) is 0 Å². The Morgan fingerprint density at radius 1 is 1.08 bits per heavy atom. The molecule has 36 heavy (non-hydrogen) atoms. The second-order valence-corrected chi connectivity index (χ2v) is 8.64. The van der Waals surface area contributed by atoms with Crippen LogP contribution in [-0.4, -0.2) is 29.9 Å². The molecule has 1 atom stereocenters. The molecule has 0 aromatic heterocycles. The predicted molar refractivity (Wildman–Crippen MR) is 126 cm³/mol. The molecule has 5 nitrogen and oxygen atoms in total. The van der Waals surface area contributed by atoms with Crippen molar-refractivity contribution in [1.82, 2.24) is 5.01 Å². The highest BCUT2D eigenvalue weighted by atomic mass is 35.5. The number of hydrogen-bond acceptors (Lipinski definition) is 3. The van der Waals surface area contributed by atoms with Crippen molar-refractivity contribution in [3.05, 3.63) is 94.5 Å². The van der Waals surface area contributed by atoms with Gasteiger partial charge in [0.05, 0.1) is 28.3 Å². The highest BCUT2D eigenvalue weighted by Crippen LogP contribution is 2.39. The van der Waals surface area contributed by atoms with Crippen LogP contribution >= 0.6 is 11.6 Å². The van der Waals surface area contributed by atoms with Gasteiger partial charge in [-0.1, -0.05) is 54.1 Å². The number of rotatable bonds is 5. The summed E-state index contributed by atoms with van der Waals surface area (Å²) in [5, 5.41) is 7.66. The number of ether oxygens (including phenoxy) is 1. The molecule has 1 N–H and O–H groups in total. The maximum Gasteiger partial charge on any atom is 0.417 e. The lowest BCUT2D eigenvalue weighted by molar-refractivity contribution is -0.137. The molecule has 3 aromatic rings. The Morgan fingerprint density at radius 2 is 1.81 bits per heavy atom. The number of hydrazone groups is 1. The van der Waals surface area contributed by atoms with E-state index in [1.54, 1.807) is 12.1 Å². The summed E-state index contributed by atoms with van der Waals surface area (Å²) in [6.07, 6.45) is -4.62. The molecule has 1 unspecified atom stereocenters. The topological polar surface area (TPSA) is 53.9 Å². The molecule has 0 spiro atoms. The Balaban J connectivity index is 1.68. The highest BCUT2D eigenvalue weighted by Gasteiger charge is 2.43. The van der Waals surface area contributed by atoms with Crippen LogP contribution in [0.4, 0.5) is 32.4 Å². The van der Waals surface area contributed by atoms with Crippen molar-refractivity contribution in [2.24, 2.45) is 5.10 Å². The number of amides is 2. The molecule has 3 aromatic carbocycles. The Labute approximate surface area is 208 Å². The van der Waals surface area contributed by atoms with E-state index in [0.29, 0.717) is 11.3 Å². The van der Waals surface area contributed by atoms with Crippen LogP contribution in [0.25, 0.3) is 0 Å². The minimum absolute atomic E-state index is 0.0596. The molecule has 188 valence electrons. The normalized spacial score (nSPS) is 17.8. The van der Waals surface area contributed by atoms with Crippen LogP contribution in [0.2, 0.25) is 5.02 Å². The van der Waals surface area contributed by atoms with Crippen molar-refractivity contribution in [2.75, 3.05) is 11.9 Å². The molecule has 0 radical (unpaired) electrons. The summed E-state index contributed by atoms with van der Waals surface area (Å²) < 4.78 is 69.1. The van der Waals surface area contributed by atoms with Gasteiger partial charge in [0.15, 0.2) is 0 Å². The first-order valence-electron chi connectivity index (χ1n) is 10.6. The van der Waals surface area contributed by atoms with Crippen molar-refractivity contribution in [1.29, 1.82) is 0 Å². The van der Waals surface area contributed by atoms with Crippen molar-refractivity contribution >= 4 is 29.0 Å². The molecule has 1 heterocycles. The van der Waals surface area contributed by atoms with Gasteiger partial charge in [0.25, 0.3) is 0 Å². The van der Waals surface area contributed by atoms with Crippen LogP contribution in [-0.2, 0) is 11.6 Å². The molecule has 1 aliphatic heterocycles. The summed E-state index contributed by atoms with van der Waals surface area (Å²) >= 11 is 5.96. The number of carbonyl (C=O) groups excluding carboxylic acids is 1. The van der Waals surface area contributed by atoms with Crippen molar-refractivity contribution < 1.29 is 31.5 Å². The van der Waals surface area contributed by atoms with Crippen molar-refractivity contribution in [3.8, 4) is 5.75 Å². The Kier molecular flexibility index (Phi) is 6.90. The molecule has 0 fully saturated rings. The first kappa shape index (κ1) is 25.4. The van der Waals surface area contributed by atoms with Crippen LogP contribution in [0, 0.1) is 0 Å². The maximum absolute atomic E-state index is 13.2. The number of urea groups is 1. The van der Waals surface area contributed by atoms with Gasteiger partial charge in [-0.3, -0.25) is 0 Å². The summed E-state index contributed by atoms with van der Waals surface area (Å²) in [5.41, 5.74) is -0.227. The highest BCUT2D eigenvalue weighted by molar-refractivity contribution is 6.32. The monoisotopic (exact) mass is 523 g/mol. The Hall–Kier alpha value is -3.66. The van der Waals surface area contributed by atoms with E-state index in [0.717, 1.165) is 16.6 Å². The number of nitrogens with zero attached hydrogens (tertiary/aromatic N) is 2. The average molecular weight is 524 g/mol. The number of benzene rings is 3. The number of hydrogen-bond donors (Lipinski definition) is 1. The molecule has 4 rings (SSSR count). The molecular weight excluding hydrogens is 505 g/mol. The zero-order valence-corrected chi connectivity index (χ0v) is 19.4. The van der Waals surface area contributed by atoms with E-state index in [2.05, 4.69) is 15.2 Å². The standard InChI is InChI=1S/C25H19ClF5N3O2/c1-24(16-6-3-2-4-7-16)14-34(23(35)32-17-8-5-9-18(13-17)36-22(27)28)33-21(24)15-10-11-19(20(26)12-15)25(29,30)31/h2-13,22H,14H2,1H3,(H,32,35). The third-order valence-corrected chi connectivity index (χ3v) is 6.03. The van der Waals surface area contributed by atoms with Crippen LogP contribution in [0.5, 0.6) is 5.75 Å². The second-order valence-electron chi connectivity index (χ2n) is 8.23. The van der Waals surface area contributed by atoms with Crippen LogP contribution < -0.4 is 10.1 Å². The molecule has 11 heteroatoms. The van der Waals surface area contributed by atoms with Crippen LogP contribution in [0.1, 0.15) is 23.6 Å². The summed E-state index contributed by atoms with van der Waals surface area (Å²) in [4.78, 5) is 13.0. The van der Waals surface area contributed by atoms with Gasteiger partial charge in [-0.05, 0) is 36.8 Å². The summed E-state index contributed by atoms with van der Waals surface area (Å²) in [6, 6.07) is 17.2. The second kappa shape index (κ2) is 9.77. The minimum Gasteiger partial charge on any atom is -0.435 e.